The maximum absolute atomic E-state index is 11.8. The van der Waals surface area contributed by atoms with E-state index in [2.05, 4.69) is 30.9 Å². The summed E-state index contributed by atoms with van der Waals surface area (Å²) in [7, 11) is -1.95. The van der Waals surface area contributed by atoms with Crippen LogP contribution in [0.4, 0.5) is 0 Å². The first-order chi connectivity index (χ1) is 11.3. The highest BCUT2D eigenvalue weighted by Crippen LogP contribution is 2.26. The van der Waals surface area contributed by atoms with E-state index in [0.717, 1.165) is 26.0 Å². The van der Waals surface area contributed by atoms with Crippen molar-refractivity contribution in [3.05, 3.63) is 45.1 Å². The quantitative estimate of drug-likeness (QED) is 0.582. The zero-order chi connectivity index (χ0) is 17.3. The van der Waals surface area contributed by atoms with E-state index in [1.807, 2.05) is 18.2 Å². The monoisotopic (exact) mass is 427 g/mol. The van der Waals surface area contributed by atoms with Gasteiger partial charge in [-0.05, 0) is 24.3 Å². The summed E-state index contributed by atoms with van der Waals surface area (Å²) in [5.41, 5.74) is 2.05. The summed E-state index contributed by atoms with van der Waals surface area (Å²) in [4.78, 5) is 12.8. The highest BCUT2D eigenvalue weighted by molar-refractivity contribution is 9.10. The van der Waals surface area contributed by atoms with Gasteiger partial charge in [-0.3, -0.25) is 0 Å². The Morgan fingerprint density at radius 1 is 1.17 bits per heavy atom. The fourth-order valence-corrected chi connectivity index (χ4v) is 4.28. The molecule has 0 bridgehead atoms. The molecule has 0 atom stereocenters. The fraction of sp³-hybridized carbons (Fsp3) is 0.267. The molecule has 0 aliphatic rings. The van der Waals surface area contributed by atoms with Gasteiger partial charge in [0.2, 0.25) is 15.0 Å². The standard InChI is InChI=1S/C15H14BrN3O3S2/c1-22-8-11-6-10(17-15(18-11)24(2,20)21)7-14-19-12-4-3-9(16)5-13(12)23-14/h3-6H,7-8H2,1-2H3. The molecule has 1 aromatic carbocycles. The summed E-state index contributed by atoms with van der Waals surface area (Å²) < 4.78 is 30.7. The van der Waals surface area contributed by atoms with Gasteiger partial charge in [0.05, 0.1) is 33.2 Å². The Hall–Kier alpha value is -1.42. The average Bonchev–Trinajstić information content (AvgIpc) is 2.87. The summed E-state index contributed by atoms with van der Waals surface area (Å²) in [5.74, 6) is 0. The number of hydrogen-bond donors (Lipinski definition) is 0. The van der Waals surface area contributed by atoms with E-state index in [1.165, 1.54) is 7.11 Å². The molecule has 3 rings (SSSR count). The van der Waals surface area contributed by atoms with E-state index >= 15 is 0 Å². The number of rotatable bonds is 5. The number of ether oxygens (including phenoxy) is 1. The highest BCUT2D eigenvalue weighted by Gasteiger charge is 2.15. The number of thiazole rings is 1. The summed E-state index contributed by atoms with van der Waals surface area (Å²) in [5, 5.41) is 0.681. The second-order valence-corrected chi connectivity index (χ2v) is 9.18. The SMILES string of the molecule is COCc1cc(Cc2nc3ccc(Br)cc3s2)nc(S(C)(=O)=O)n1. The molecule has 24 heavy (non-hydrogen) atoms. The number of aromatic nitrogens is 3. The fourth-order valence-electron chi connectivity index (χ4n) is 2.18. The zero-order valence-electron chi connectivity index (χ0n) is 13.0. The number of sulfone groups is 1. The van der Waals surface area contributed by atoms with Gasteiger partial charge in [0.15, 0.2) is 0 Å². The van der Waals surface area contributed by atoms with Gasteiger partial charge in [0.1, 0.15) is 0 Å². The number of benzene rings is 1. The number of methoxy groups -OCH3 is 1. The Morgan fingerprint density at radius 3 is 2.62 bits per heavy atom. The van der Waals surface area contributed by atoms with Crippen molar-refractivity contribution in [1.82, 2.24) is 15.0 Å². The molecule has 126 valence electrons. The van der Waals surface area contributed by atoms with E-state index in [9.17, 15) is 8.42 Å². The molecule has 2 aromatic heterocycles. The molecule has 0 unspecified atom stereocenters. The predicted molar refractivity (Wildman–Crippen MR) is 96.0 cm³/mol. The number of halogens is 1. The predicted octanol–water partition coefficient (Wildman–Crippen LogP) is 2.99. The van der Waals surface area contributed by atoms with Gasteiger partial charge in [-0.2, -0.15) is 0 Å². The van der Waals surface area contributed by atoms with Crippen LogP contribution in [0.2, 0.25) is 0 Å². The van der Waals surface area contributed by atoms with E-state index in [4.69, 9.17) is 4.74 Å². The lowest BCUT2D eigenvalue weighted by Crippen LogP contribution is -2.09. The van der Waals surface area contributed by atoms with E-state index in [0.29, 0.717) is 17.8 Å². The van der Waals surface area contributed by atoms with E-state index in [1.54, 1.807) is 17.4 Å². The lowest BCUT2D eigenvalue weighted by atomic mass is 10.2. The Morgan fingerprint density at radius 2 is 1.92 bits per heavy atom. The molecule has 0 fully saturated rings. The molecule has 0 spiro atoms. The van der Waals surface area contributed by atoms with Crippen LogP contribution in [-0.4, -0.2) is 36.7 Å². The maximum atomic E-state index is 11.8. The zero-order valence-corrected chi connectivity index (χ0v) is 16.2. The first-order valence-electron chi connectivity index (χ1n) is 6.96. The Bertz CT molecular complexity index is 1000. The molecule has 0 amide bonds. The van der Waals surface area contributed by atoms with Crippen LogP contribution in [-0.2, 0) is 27.6 Å². The van der Waals surface area contributed by atoms with Gasteiger partial charge >= 0.3 is 0 Å². The molecule has 0 N–H and O–H groups in total. The van der Waals surface area contributed by atoms with Gasteiger partial charge in [0.25, 0.3) is 0 Å². The van der Waals surface area contributed by atoms with Crippen molar-refractivity contribution in [1.29, 1.82) is 0 Å². The molecule has 0 saturated heterocycles. The normalized spacial score (nSPS) is 12.0. The summed E-state index contributed by atoms with van der Waals surface area (Å²) in [6.45, 7) is 0.227. The molecule has 0 aliphatic carbocycles. The molecular weight excluding hydrogens is 414 g/mol. The van der Waals surface area contributed by atoms with Crippen molar-refractivity contribution in [2.24, 2.45) is 0 Å². The Balaban J connectivity index is 1.99. The molecule has 6 nitrogen and oxygen atoms in total. The van der Waals surface area contributed by atoms with Gasteiger partial charge in [-0.15, -0.1) is 11.3 Å². The number of hydrogen-bond acceptors (Lipinski definition) is 7. The minimum Gasteiger partial charge on any atom is -0.378 e. The van der Waals surface area contributed by atoms with Crippen LogP contribution in [0.1, 0.15) is 16.4 Å². The first-order valence-corrected chi connectivity index (χ1v) is 10.5. The molecular formula is C15H14BrN3O3S2. The molecule has 0 aliphatic heterocycles. The second kappa shape index (κ2) is 6.83. The second-order valence-electron chi connectivity index (χ2n) is 5.23. The van der Waals surface area contributed by atoms with Crippen LogP contribution < -0.4 is 0 Å². The third kappa shape index (κ3) is 3.97. The minimum atomic E-state index is -3.49. The molecule has 0 radical (unpaired) electrons. The number of nitrogens with zero attached hydrogens (tertiary/aromatic N) is 3. The van der Waals surface area contributed by atoms with Crippen LogP contribution in [0.15, 0.2) is 33.9 Å². The van der Waals surface area contributed by atoms with Crippen molar-refractivity contribution in [2.75, 3.05) is 13.4 Å². The van der Waals surface area contributed by atoms with Crippen molar-refractivity contribution in [3.8, 4) is 0 Å². The largest absolute Gasteiger partial charge is 0.378 e. The maximum Gasteiger partial charge on any atom is 0.247 e. The lowest BCUT2D eigenvalue weighted by molar-refractivity contribution is 0.180. The van der Waals surface area contributed by atoms with Crippen molar-refractivity contribution >= 4 is 47.3 Å². The van der Waals surface area contributed by atoms with Crippen LogP contribution >= 0.6 is 27.3 Å². The van der Waals surface area contributed by atoms with Crippen molar-refractivity contribution in [2.45, 2.75) is 18.2 Å². The summed E-state index contributed by atoms with van der Waals surface area (Å²) >= 11 is 5.00. The molecule has 9 heteroatoms. The van der Waals surface area contributed by atoms with E-state index < -0.39 is 9.84 Å². The third-order valence-corrected chi connectivity index (χ3v) is 5.52. The third-order valence-electron chi connectivity index (χ3n) is 3.16. The van der Waals surface area contributed by atoms with Crippen LogP contribution in [0, 0.1) is 0 Å². The van der Waals surface area contributed by atoms with Gasteiger partial charge < -0.3 is 4.74 Å². The molecule has 2 heterocycles. The molecule has 0 saturated carbocycles. The molecule has 3 aromatic rings. The Kier molecular flexibility index (Phi) is 4.95. The minimum absolute atomic E-state index is 0.184. The van der Waals surface area contributed by atoms with Crippen LogP contribution in [0.5, 0.6) is 0 Å². The van der Waals surface area contributed by atoms with Crippen molar-refractivity contribution in [3.63, 3.8) is 0 Å². The van der Waals surface area contributed by atoms with Gasteiger partial charge in [-0.1, -0.05) is 15.9 Å². The van der Waals surface area contributed by atoms with Crippen molar-refractivity contribution < 1.29 is 13.2 Å². The lowest BCUT2D eigenvalue weighted by Gasteiger charge is -2.05. The van der Waals surface area contributed by atoms with Crippen LogP contribution in [0.3, 0.4) is 0 Å². The Labute approximate surface area is 152 Å². The smallest absolute Gasteiger partial charge is 0.247 e. The summed E-state index contributed by atoms with van der Waals surface area (Å²) in [6, 6.07) is 7.64. The topological polar surface area (TPSA) is 82.0 Å². The average molecular weight is 428 g/mol. The highest BCUT2D eigenvalue weighted by atomic mass is 79.9. The van der Waals surface area contributed by atoms with Gasteiger partial charge in [0, 0.05) is 24.3 Å². The number of fused-ring (bicyclic) bond motifs is 1. The first kappa shape index (κ1) is 17.4. The van der Waals surface area contributed by atoms with E-state index in [-0.39, 0.29) is 11.8 Å². The van der Waals surface area contributed by atoms with Gasteiger partial charge in [-0.25, -0.2) is 23.4 Å². The summed E-state index contributed by atoms with van der Waals surface area (Å²) in [6.07, 6.45) is 1.54. The van der Waals surface area contributed by atoms with Crippen LogP contribution in [0.25, 0.3) is 10.2 Å².